The molecule has 1 rings (SSSR count). The fraction of sp³-hybridized carbons (Fsp3) is 0.900. The lowest BCUT2D eigenvalue weighted by Crippen LogP contribution is -2.35. The second-order valence-electron chi connectivity index (χ2n) is 3.72. The molecule has 1 atom stereocenters. The van der Waals surface area contributed by atoms with E-state index in [2.05, 4.69) is 4.99 Å². The van der Waals surface area contributed by atoms with Crippen LogP contribution in [0, 0.1) is 0 Å². The Balaban J connectivity index is 0.00000121. The van der Waals surface area contributed by atoms with Gasteiger partial charge in [-0.3, -0.25) is 9.56 Å². The van der Waals surface area contributed by atoms with Crippen molar-refractivity contribution in [3.8, 4) is 0 Å². The minimum atomic E-state index is -2.59. The lowest BCUT2D eigenvalue weighted by molar-refractivity contribution is 0.267. The Hall–Kier alpha value is -0.580. The molecular weight excluding hydrogens is 239 g/mol. The van der Waals surface area contributed by atoms with Gasteiger partial charge in [-0.2, -0.15) is 0 Å². The normalized spacial score (nSPS) is 20.9. The molecule has 1 heterocycles. The number of aliphatic imine (C=N–C) groups is 1. The van der Waals surface area contributed by atoms with Crippen molar-refractivity contribution in [3.63, 3.8) is 0 Å². The third-order valence-electron chi connectivity index (χ3n) is 2.63. The van der Waals surface area contributed by atoms with Gasteiger partial charge in [-0.25, -0.2) is 4.67 Å². The third kappa shape index (κ3) is 5.52. The molecular formula is C10H25N4O2P. The lowest BCUT2D eigenvalue weighted by Gasteiger charge is -2.33. The maximum Gasteiger partial charge on any atom is 0.269 e. The summed E-state index contributed by atoms with van der Waals surface area (Å²) >= 11 is 0. The largest absolute Gasteiger partial charge is 0.370 e. The van der Waals surface area contributed by atoms with Crippen molar-refractivity contribution in [3.05, 3.63) is 0 Å². The van der Waals surface area contributed by atoms with E-state index in [1.54, 1.807) is 6.66 Å². The second kappa shape index (κ2) is 7.69. The van der Waals surface area contributed by atoms with E-state index in [0.29, 0.717) is 13.1 Å². The zero-order chi connectivity index (χ0) is 13.5. The molecule has 4 N–H and O–H groups in total. The zero-order valence-corrected chi connectivity index (χ0v) is 12.1. The molecule has 0 aromatic heterocycles. The molecule has 1 aliphatic rings. The molecule has 0 aromatic rings. The van der Waals surface area contributed by atoms with E-state index in [9.17, 15) is 4.57 Å². The highest BCUT2D eigenvalue weighted by Gasteiger charge is 2.29. The van der Waals surface area contributed by atoms with Crippen LogP contribution < -0.4 is 11.5 Å². The molecule has 6 nitrogen and oxygen atoms in total. The van der Waals surface area contributed by atoms with E-state index in [-0.39, 0.29) is 12.0 Å². The van der Waals surface area contributed by atoms with Gasteiger partial charge in [0.15, 0.2) is 5.96 Å². The van der Waals surface area contributed by atoms with Gasteiger partial charge in [-0.15, -0.1) is 0 Å². The summed E-state index contributed by atoms with van der Waals surface area (Å²) in [5.41, 5.74) is 10.6. The Morgan fingerprint density at radius 2 is 1.82 bits per heavy atom. The first-order valence-corrected chi connectivity index (χ1v) is 7.95. The van der Waals surface area contributed by atoms with E-state index in [4.69, 9.17) is 16.0 Å². The van der Waals surface area contributed by atoms with Crippen molar-refractivity contribution in [1.82, 2.24) is 4.67 Å². The van der Waals surface area contributed by atoms with Gasteiger partial charge in [-0.05, 0) is 12.8 Å². The highest BCUT2D eigenvalue weighted by atomic mass is 31.2. The first-order chi connectivity index (χ1) is 7.95. The van der Waals surface area contributed by atoms with Gasteiger partial charge in [0, 0.05) is 26.9 Å². The van der Waals surface area contributed by atoms with E-state index in [1.165, 1.54) is 7.11 Å². The lowest BCUT2D eigenvalue weighted by atomic mass is 10.1. The fourth-order valence-corrected chi connectivity index (χ4v) is 2.86. The van der Waals surface area contributed by atoms with Gasteiger partial charge in [0.25, 0.3) is 7.52 Å². The van der Waals surface area contributed by atoms with Gasteiger partial charge in [-0.1, -0.05) is 13.8 Å². The van der Waals surface area contributed by atoms with Crippen LogP contribution in [0.5, 0.6) is 0 Å². The van der Waals surface area contributed by atoms with Crippen molar-refractivity contribution in [2.75, 3.05) is 26.9 Å². The van der Waals surface area contributed by atoms with E-state index >= 15 is 0 Å². The molecule has 0 saturated carbocycles. The molecule has 102 valence electrons. The summed E-state index contributed by atoms with van der Waals surface area (Å²) in [5, 5.41) is 0. The molecule has 0 aromatic carbocycles. The summed E-state index contributed by atoms with van der Waals surface area (Å²) in [6.45, 7) is 7.06. The molecule has 0 radical (unpaired) electrons. The Kier molecular flexibility index (Phi) is 7.43. The van der Waals surface area contributed by atoms with Crippen molar-refractivity contribution < 1.29 is 9.09 Å². The molecule has 1 aliphatic heterocycles. The quantitative estimate of drug-likeness (QED) is 0.454. The monoisotopic (exact) mass is 264 g/mol. The number of rotatable bonds is 3. The number of piperidine rings is 1. The van der Waals surface area contributed by atoms with E-state index in [1.807, 2.05) is 18.5 Å². The summed E-state index contributed by atoms with van der Waals surface area (Å²) in [5.74, 6) is 0.125. The predicted octanol–water partition coefficient (Wildman–Crippen LogP) is 1.22. The first-order valence-electron chi connectivity index (χ1n) is 5.93. The van der Waals surface area contributed by atoms with Crippen LogP contribution in [-0.2, 0) is 9.09 Å². The van der Waals surface area contributed by atoms with Crippen LogP contribution in [0.3, 0.4) is 0 Å². The summed E-state index contributed by atoms with van der Waals surface area (Å²) in [4.78, 5) is 4.09. The molecule has 0 aliphatic carbocycles. The van der Waals surface area contributed by atoms with Gasteiger partial charge in [0.2, 0.25) is 0 Å². The molecule has 7 heteroatoms. The highest BCUT2D eigenvalue weighted by molar-refractivity contribution is 7.55. The average molecular weight is 264 g/mol. The van der Waals surface area contributed by atoms with Crippen molar-refractivity contribution in [2.24, 2.45) is 16.5 Å². The maximum absolute atomic E-state index is 11.9. The molecule has 0 bridgehead atoms. The minimum absolute atomic E-state index is 0.125. The predicted molar refractivity (Wildman–Crippen MR) is 72.3 cm³/mol. The molecule has 1 saturated heterocycles. The third-order valence-corrected chi connectivity index (χ3v) is 4.73. The zero-order valence-electron chi connectivity index (χ0n) is 11.2. The van der Waals surface area contributed by atoms with Crippen LogP contribution in [-0.4, -0.2) is 43.5 Å². The molecule has 0 spiro atoms. The van der Waals surface area contributed by atoms with Crippen molar-refractivity contribution in [1.29, 1.82) is 0 Å². The minimum Gasteiger partial charge on any atom is -0.370 e. The van der Waals surface area contributed by atoms with Crippen LogP contribution in [0.25, 0.3) is 0 Å². The Labute approximate surface area is 104 Å². The number of guanidine groups is 1. The summed E-state index contributed by atoms with van der Waals surface area (Å²) in [7, 11) is -1.11. The fourth-order valence-electron chi connectivity index (χ4n) is 1.67. The van der Waals surface area contributed by atoms with Crippen molar-refractivity contribution >= 4 is 13.5 Å². The maximum atomic E-state index is 11.9. The van der Waals surface area contributed by atoms with Gasteiger partial charge in [0.1, 0.15) is 0 Å². The number of hydrogen-bond acceptors (Lipinski definition) is 3. The second-order valence-corrected chi connectivity index (χ2v) is 6.26. The molecule has 17 heavy (non-hydrogen) atoms. The summed E-state index contributed by atoms with van der Waals surface area (Å²) in [6.07, 6.45) is 1.64. The number of nitrogens with zero attached hydrogens (tertiary/aromatic N) is 2. The molecule has 1 fully saturated rings. The van der Waals surface area contributed by atoms with Crippen LogP contribution >= 0.6 is 7.52 Å². The van der Waals surface area contributed by atoms with Crippen LogP contribution in [0.15, 0.2) is 4.99 Å². The standard InChI is InChI=1S/C8H19N4O2P.C2H6/c1-14-15(2,13)12-5-3-7(4-6-12)11-8(9)10;1-2/h7H,3-6H2,1-2H3,(H4,9,10,11);1-2H3. The topological polar surface area (TPSA) is 93.9 Å². The van der Waals surface area contributed by atoms with Crippen LogP contribution in [0.2, 0.25) is 0 Å². The van der Waals surface area contributed by atoms with Gasteiger partial charge in [0.05, 0.1) is 6.04 Å². The molecule has 0 amide bonds. The summed E-state index contributed by atoms with van der Waals surface area (Å²) < 4.78 is 18.7. The number of nitrogens with two attached hydrogens (primary N) is 2. The van der Waals surface area contributed by atoms with Crippen LogP contribution in [0.1, 0.15) is 26.7 Å². The van der Waals surface area contributed by atoms with Gasteiger partial charge < -0.3 is 16.0 Å². The number of hydrogen-bond donors (Lipinski definition) is 2. The Morgan fingerprint density at radius 3 is 2.18 bits per heavy atom. The Bertz CT molecular complexity index is 284. The average Bonchev–Trinajstić information content (AvgIpc) is 2.31. The SMILES string of the molecule is CC.COP(C)(=O)N1CCC(N=C(N)N)CC1. The summed E-state index contributed by atoms with van der Waals surface area (Å²) in [6, 6.07) is 0.156. The smallest absolute Gasteiger partial charge is 0.269 e. The van der Waals surface area contributed by atoms with Gasteiger partial charge >= 0.3 is 0 Å². The van der Waals surface area contributed by atoms with E-state index < -0.39 is 7.52 Å². The molecule has 1 unspecified atom stereocenters. The van der Waals surface area contributed by atoms with E-state index in [0.717, 1.165) is 12.8 Å². The van der Waals surface area contributed by atoms with Crippen LogP contribution in [0.4, 0.5) is 0 Å². The highest BCUT2D eigenvalue weighted by Crippen LogP contribution is 2.47. The first kappa shape index (κ1) is 16.4. The Morgan fingerprint density at radius 1 is 1.35 bits per heavy atom. The van der Waals surface area contributed by atoms with Crippen molar-refractivity contribution in [2.45, 2.75) is 32.7 Å².